The van der Waals surface area contributed by atoms with Gasteiger partial charge in [-0.25, -0.2) is 4.98 Å². The Bertz CT molecular complexity index is 478. The van der Waals surface area contributed by atoms with Gasteiger partial charge in [0.1, 0.15) is 0 Å². The predicted octanol–water partition coefficient (Wildman–Crippen LogP) is 2.43. The van der Waals surface area contributed by atoms with E-state index in [0.29, 0.717) is 13.0 Å². The number of amides is 1. The second kappa shape index (κ2) is 4.15. The van der Waals surface area contributed by atoms with Gasteiger partial charge >= 0.3 is 0 Å². The Morgan fingerprint density at radius 3 is 2.76 bits per heavy atom. The maximum Gasteiger partial charge on any atom is 0.230 e. The van der Waals surface area contributed by atoms with Crippen molar-refractivity contribution in [3.8, 4) is 12.3 Å². The van der Waals surface area contributed by atoms with Crippen LogP contribution in [0, 0.1) is 18.3 Å². The lowest BCUT2D eigenvalue weighted by Crippen LogP contribution is -2.24. The van der Waals surface area contributed by atoms with E-state index in [4.69, 9.17) is 6.42 Å². The average molecular weight is 248 g/mol. The SMILES string of the molecule is C#CC1CC(=O)N(c2ncc(C(C)(C)C)s2)C1. The van der Waals surface area contributed by atoms with Gasteiger partial charge in [0, 0.05) is 30.0 Å². The topological polar surface area (TPSA) is 33.2 Å². The fourth-order valence-corrected chi connectivity index (χ4v) is 2.74. The van der Waals surface area contributed by atoms with Crippen molar-refractivity contribution in [3.05, 3.63) is 11.1 Å². The van der Waals surface area contributed by atoms with Crippen molar-refractivity contribution in [1.82, 2.24) is 4.98 Å². The molecule has 1 aromatic heterocycles. The van der Waals surface area contributed by atoms with E-state index >= 15 is 0 Å². The Balaban J connectivity index is 2.22. The number of nitrogens with zero attached hydrogens (tertiary/aromatic N) is 2. The van der Waals surface area contributed by atoms with E-state index in [1.54, 1.807) is 16.2 Å². The highest BCUT2D eigenvalue weighted by molar-refractivity contribution is 7.15. The minimum Gasteiger partial charge on any atom is -0.287 e. The molecule has 0 aromatic carbocycles. The molecule has 0 saturated carbocycles. The molecule has 2 rings (SSSR count). The standard InChI is InChI=1S/C13H16N2OS/c1-5-9-6-11(16)15(8-9)12-14-7-10(17-12)13(2,3)4/h1,7,9H,6,8H2,2-4H3. The van der Waals surface area contributed by atoms with Gasteiger partial charge in [-0.15, -0.1) is 23.7 Å². The van der Waals surface area contributed by atoms with Gasteiger partial charge in [-0.1, -0.05) is 20.8 Å². The zero-order valence-corrected chi connectivity index (χ0v) is 11.2. The maximum absolute atomic E-state index is 11.8. The number of terminal acetylenes is 1. The second-order valence-electron chi connectivity index (χ2n) is 5.33. The summed E-state index contributed by atoms with van der Waals surface area (Å²) in [5.41, 5.74) is 0.0736. The molecule has 4 heteroatoms. The monoisotopic (exact) mass is 248 g/mol. The second-order valence-corrected chi connectivity index (χ2v) is 6.34. The van der Waals surface area contributed by atoms with E-state index in [0.717, 1.165) is 5.13 Å². The van der Waals surface area contributed by atoms with Gasteiger partial charge < -0.3 is 0 Å². The molecular formula is C13H16N2OS. The fourth-order valence-electron chi connectivity index (χ4n) is 1.74. The van der Waals surface area contributed by atoms with Crippen molar-refractivity contribution in [2.75, 3.05) is 11.4 Å². The summed E-state index contributed by atoms with van der Waals surface area (Å²) in [6.07, 6.45) is 7.67. The van der Waals surface area contributed by atoms with Crippen molar-refractivity contribution in [3.63, 3.8) is 0 Å². The number of rotatable bonds is 1. The Morgan fingerprint density at radius 2 is 2.29 bits per heavy atom. The van der Waals surface area contributed by atoms with Crippen molar-refractivity contribution >= 4 is 22.4 Å². The zero-order valence-electron chi connectivity index (χ0n) is 10.4. The Labute approximate surface area is 106 Å². The lowest BCUT2D eigenvalue weighted by atomic mass is 9.96. The summed E-state index contributed by atoms with van der Waals surface area (Å²) in [5.74, 6) is 2.76. The summed E-state index contributed by atoms with van der Waals surface area (Å²) < 4.78 is 0. The van der Waals surface area contributed by atoms with Crippen molar-refractivity contribution in [2.24, 2.45) is 5.92 Å². The first kappa shape index (κ1) is 12.1. The predicted molar refractivity (Wildman–Crippen MR) is 70.1 cm³/mol. The first-order valence-corrected chi connectivity index (χ1v) is 6.46. The Morgan fingerprint density at radius 1 is 1.59 bits per heavy atom. The number of hydrogen-bond acceptors (Lipinski definition) is 3. The fraction of sp³-hybridized carbons (Fsp3) is 0.538. The molecule has 1 fully saturated rings. The summed E-state index contributed by atoms with van der Waals surface area (Å²) in [6, 6.07) is 0. The smallest absolute Gasteiger partial charge is 0.230 e. The zero-order chi connectivity index (χ0) is 12.6. The maximum atomic E-state index is 11.8. The number of thiazole rings is 1. The molecule has 90 valence electrons. The average Bonchev–Trinajstić information content (AvgIpc) is 2.82. The highest BCUT2D eigenvalue weighted by Gasteiger charge is 2.31. The lowest BCUT2D eigenvalue weighted by molar-refractivity contribution is -0.117. The van der Waals surface area contributed by atoms with Crippen LogP contribution in [0.4, 0.5) is 5.13 Å². The normalized spacial score (nSPS) is 20.7. The van der Waals surface area contributed by atoms with Crippen molar-refractivity contribution in [1.29, 1.82) is 0 Å². The first-order chi connectivity index (χ1) is 7.91. The van der Waals surface area contributed by atoms with E-state index in [9.17, 15) is 4.79 Å². The summed E-state index contributed by atoms with van der Waals surface area (Å²) in [4.78, 5) is 19.0. The molecule has 3 nitrogen and oxygen atoms in total. The molecule has 1 aliphatic heterocycles. The Hall–Kier alpha value is -1.34. The van der Waals surface area contributed by atoms with Crippen molar-refractivity contribution < 1.29 is 4.79 Å². The molecule has 1 saturated heterocycles. The summed E-state index contributed by atoms with van der Waals surface area (Å²) in [5, 5.41) is 0.776. The van der Waals surface area contributed by atoms with Gasteiger partial charge in [0.25, 0.3) is 0 Å². The summed E-state index contributed by atoms with van der Waals surface area (Å²) >= 11 is 1.58. The van der Waals surface area contributed by atoms with Crippen LogP contribution in [0.25, 0.3) is 0 Å². The largest absolute Gasteiger partial charge is 0.287 e. The summed E-state index contributed by atoms with van der Waals surface area (Å²) in [7, 11) is 0. The molecule has 0 radical (unpaired) electrons. The molecule has 1 unspecified atom stereocenters. The van der Waals surface area contributed by atoms with Gasteiger partial charge in [-0.05, 0) is 5.41 Å². The van der Waals surface area contributed by atoms with Gasteiger partial charge in [0.05, 0.1) is 0 Å². The highest BCUT2D eigenvalue weighted by Crippen LogP contribution is 2.34. The number of hydrogen-bond donors (Lipinski definition) is 0. The molecule has 1 aromatic rings. The molecule has 0 bridgehead atoms. The van der Waals surface area contributed by atoms with E-state index < -0.39 is 0 Å². The number of anilines is 1. The molecule has 2 heterocycles. The molecule has 17 heavy (non-hydrogen) atoms. The quantitative estimate of drug-likeness (QED) is 0.715. The molecule has 0 spiro atoms. The minimum absolute atomic E-state index is 0.0319. The van der Waals surface area contributed by atoms with E-state index in [1.165, 1.54) is 4.88 Å². The van der Waals surface area contributed by atoms with Crippen LogP contribution >= 0.6 is 11.3 Å². The van der Waals surface area contributed by atoms with Gasteiger partial charge in [-0.2, -0.15) is 0 Å². The van der Waals surface area contributed by atoms with E-state index in [-0.39, 0.29) is 17.2 Å². The highest BCUT2D eigenvalue weighted by atomic mass is 32.1. The van der Waals surface area contributed by atoms with Crippen LogP contribution in [-0.4, -0.2) is 17.4 Å². The third-order valence-corrected chi connectivity index (χ3v) is 4.27. The van der Waals surface area contributed by atoms with Gasteiger partial charge in [-0.3, -0.25) is 9.69 Å². The molecule has 0 aliphatic carbocycles. The number of carbonyl (C=O) groups excluding carboxylic acids is 1. The minimum atomic E-state index is 0.0319. The van der Waals surface area contributed by atoms with Gasteiger partial charge in [0.15, 0.2) is 5.13 Å². The third kappa shape index (κ3) is 2.34. The van der Waals surface area contributed by atoms with Crippen LogP contribution in [-0.2, 0) is 10.2 Å². The van der Waals surface area contributed by atoms with Crippen LogP contribution < -0.4 is 4.90 Å². The third-order valence-electron chi connectivity index (χ3n) is 2.82. The van der Waals surface area contributed by atoms with E-state index in [2.05, 4.69) is 31.7 Å². The Kier molecular flexibility index (Phi) is 2.96. The van der Waals surface area contributed by atoms with Crippen LogP contribution in [0.2, 0.25) is 0 Å². The summed E-state index contributed by atoms with van der Waals surface area (Å²) in [6.45, 7) is 7.02. The van der Waals surface area contributed by atoms with Crippen LogP contribution in [0.5, 0.6) is 0 Å². The lowest BCUT2D eigenvalue weighted by Gasteiger charge is -2.15. The van der Waals surface area contributed by atoms with E-state index in [1.807, 2.05) is 6.20 Å². The number of aromatic nitrogens is 1. The molecule has 1 aliphatic rings. The van der Waals surface area contributed by atoms with Crippen molar-refractivity contribution in [2.45, 2.75) is 32.6 Å². The van der Waals surface area contributed by atoms with Crippen LogP contribution in [0.3, 0.4) is 0 Å². The molecular weight excluding hydrogens is 232 g/mol. The molecule has 1 atom stereocenters. The van der Waals surface area contributed by atoms with Crippen LogP contribution in [0.1, 0.15) is 32.1 Å². The van der Waals surface area contributed by atoms with Gasteiger partial charge in [0.2, 0.25) is 5.91 Å². The molecule has 0 N–H and O–H groups in total. The number of carbonyl (C=O) groups is 1. The van der Waals surface area contributed by atoms with Crippen LogP contribution in [0.15, 0.2) is 6.20 Å². The first-order valence-electron chi connectivity index (χ1n) is 5.64. The molecule has 1 amide bonds.